The van der Waals surface area contributed by atoms with Gasteiger partial charge in [-0.2, -0.15) is 0 Å². The Morgan fingerprint density at radius 2 is 1.64 bits per heavy atom. The standard InChI is InChI=1S/C23H33N3O2/c1-5-26(6-2)21(19-12-8-7-9-13-19)18-24-23(27)20-14-10-11-15-22(20)28-17-16-25(3)4/h7-15,21H,5-6,16-18H2,1-4H3,(H,24,27). The highest BCUT2D eigenvalue weighted by molar-refractivity contribution is 5.96. The fourth-order valence-electron chi connectivity index (χ4n) is 3.20. The van der Waals surface area contributed by atoms with Gasteiger partial charge in [-0.05, 0) is 44.9 Å². The molecule has 0 radical (unpaired) electrons. The van der Waals surface area contributed by atoms with Crippen LogP contribution in [0.5, 0.6) is 5.75 Å². The first-order valence-corrected chi connectivity index (χ1v) is 10.0. The molecule has 5 nitrogen and oxygen atoms in total. The fraction of sp³-hybridized carbons (Fsp3) is 0.435. The third-order valence-corrected chi connectivity index (χ3v) is 4.82. The molecular formula is C23H33N3O2. The van der Waals surface area contributed by atoms with Crippen molar-refractivity contribution in [3.63, 3.8) is 0 Å². The third kappa shape index (κ3) is 6.36. The lowest BCUT2D eigenvalue weighted by atomic mass is 10.0. The molecule has 0 heterocycles. The Bertz CT molecular complexity index is 715. The van der Waals surface area contributed by atoms with Crippen LogP contribution in [0, 0.1) is 0 Å². The topological polar surface area (TPSA) is 44.8 Å². The van der Waals surface area contributed by atoms with E-state index in [0.717, 1.165) is 19.6 Å². The molecule has 0 bridgehead atoms. The van der Waals surface area contributed by atoms with Gasteiger partial charge < -0.3 is 15.0 Å². The van der Waals surface area contributed by atoms with Crippen molar-refractivity contribution in [2.24, 2.45) is 0 Å². The van der Waals surface area contributed by atoms with Crippen molar-refractivity contribution < 1.29 is 9.53 Å². The molecule has 5 heteroatoms. The van der Waals surface area contributed by atoms with E-state index < -0.39 is 0 Å². The minimum absolute atomic E-state index is 0.103. The van der Waals surface area contributed by atoms with Crippen molar-refractivity contribution in [1.82, 2.24) is 15.1 Å². The van der Waals surface area contributed by atoms with Gasteiger partial charge in [-0.1, -0.05) is 56.3 Å². The number of carbonyl (C=O) groups excluding carboxylic acids is 1. The van der Waals surface area contributed by atoms with Gasteiger partial charge in [0.25, 0.3) is 5.91 Å². The first-order valence-electron chi connectivity index (χ1n) is 10.0. The molecule has 0 saturated carbocycles. The number of benzene rings is 2. The molecule has 1 unspecified atom stereocenters. The Hall–Kier alpha value is -2.37. The van der Waals surface area contributed by atoms with Crippen LogP contribution in [-0.2, 0) is 0 Å². The molecule has 2 rings (SSSR count). The molecule has 0 fully saturated rings. The highest BCUT2D eigenvalue weighted by Gasteiger charge is 2.20. The minimum Gasteiger partial charge on any atom is -0.491 e. The van der Waals surface area contributed by atoms with Crippen LogP contribution in [0.4, 0.5) is 0 Å². The van der Waals surface area contributed by atoms with E-state index in [1.807, 2.05) is 56.6 Å². The second kappa shape index (κ2) is 11.5. The lowest BCUT2D eigenvalue weighted by Gasteiger charge is -2.30. The monoisotopic (exact) mass is 383 g/mol. The molecule has 2 aromatic carbocycles. The number of ether oxygens (including phenoxy) is 1. The molecule has 0 aliphatic rings. The van der Waals surface area contributed by atoms with E-state index in [1.165, 1.54) is 5.56 Å². The maximum absolute atomic E-state index is 12.9. The number of carbonyl (C=O) groups is 1. The van der Waals surface area contributed by atoms with Gasteiger partial charge in [-0.3, -0.25) is 9.69 Å². The molecule has 1 atom stereocenters. The van der Waals surface area contributed by atoms with E-state index in [4.69, 9.17) is 4.74 Å². The number of hydrogen-bond acceptors (Lipinski definition) is 4. The van der Waals surface area contributed by atoms with Crippen LogP contribution < -0.4 is 10.1 Å². The zero-order chi connectivity index (χ0) is 20.4. The molecule has 2 aromatic rings. The molecular weight excluding hydrogens is 350 g/mol. The molecule has 0 aliphatic heterocycles. The lowest BCUT2D eigenvalue weighted by Crippen LogP contribution is -2.38. The summed E-state index contributed by atoms with van der Waals surface area (Å²) in [7, 11) is 4.00. The molecule has 152 valence electrons. The average Bonchev–Trinajstić information content (AvgIpc) is 2.71. The lowest BCUT2D eigenvalue weighted by molar-refractivity contribution is 0.0930. The number of likely N-dealkylation sites (N-methyl/N-ethyl adjacent to an activating group) is 2. The SMILES string of the molecule is CCN(CC)C(CNC(=O)c1ccccc1OCCN(C)C)c1ccccc1. The van der Waals surface area contributed by atoms with Gasteiger partial charge in [-0.15, -0.1) is 0 Å². The number of hydrogen-bond donors (Lipinski definition) is 1. The van der Waals surface area contributed by atoms with Crippen molar-refractivity contribution >= 4 is 5.91 Å². The van der Waals surface area contributed by atoms with Crippen molar-refractivity contribution in [2.45, 2.75) is 19.9 Å². The van der Waals surface area contributed by atoms with E-state index in [-0.39, 0.29) is 11.9 Å². The van der Waals surface area contributed by atoms with Crippen molar-refractivity contribution in [3.8, 4) is 5.75 Å². The Balaban J connectivity index is 2.08. The zero-order valence-electron chi connectivity index (χ0n) is 17.5. The van der Waals surface area contributed by atoms with Crippen LogP contribution in [0.3, 0.4) is 0 Å². The smallest absolute Gasteiger partial charge is 0.255 e. The summed E-state index contributed by atoms with van der Waals surface area (Å²) in [5.41, 5.74) is 1.79. The average molecular weight is 384 g/mol. The first-order chi connectivity index (χ1) is 13.6. The summed E-state index contributed by atoms with van der Waals surface area (Å²) in [5.74, 6) is 0.523. The molecule has 0 spiro atoms. The molecule has 0 aromatic heterocycles. The zero-order valence-corrected chi connectivity index (χ0v) is 17.5. The maximum atomic E-state index is 12.9. The van der Waals surface area contributed by atoms with Gasteiger partial charge >= 0.3 is 0 Å². The third-order valence-electron chi connectivity index (χ3n) is 4.82. The number of para-hydroxylation sites is 1. The van der Waals surface area contributed by atoms with Crippen molar-refractivity contribution in [1.29, 1.82) is 0 Å². The Kier molecular flexibility index (Phi) is 8.98. The predicted molar refractivity (Wildman–Crippen MR) is 115 cm³/mol. The summed E-state index contributed by atoms with van der Waals surface area (Å²) in [6, 6.07) is 17.9. The molecule has 1 N–H and O–H groups in total. The Morgan fingerprint density at radius 3 is 2.29 bits per heavy atom. The summed E-state index contributed by atoms with van der Waals surface area (Å²) < 4.78 is 5.84. The summed E-state index contributed by atoms with van der Waals surface area (Å²) >= 11 is 0. The molecule has 0 saturated heterocycles. The van der Waals surface area contributed by atoms with Crippen molar-refractivity contribution in [2.75, 3.05) is 46.9 Å². The van der Waals surface area contributed by atoms with E-state index in [1.54, 1.807) is 0 Å². The minimum atomic E-state index is -0.103. The number of rotatable bonds is 11. The highest BCUT2D eigenvalue weighted by Crippen LogP contribution is 2.21. The van der Waals surface area contributed by atoms with Gasteiger partial charge in [0.1, 0.15) is 12.4 Å². The normalized spacial score (nSPS) is 12.2. The largest absolute Gasteiger partial charge is 0.491 e. The summed E-state index contributed by atoms with van der Waals surface area (Å²) in [6.07, 6.45) is 0. The number of amides is 1. The van der Waals surface area contributed by atoms with Gasteiger partial charge in [-0.25, -0.2) is 0 Å². The van der Waals surface area contributed by atoms with E-state index in [2.05, 4.69) is 41.1 Å². The van der Waals surface area contributed by atoms with Crippen LogP contribution in [0.2, 0.25) is 0 Å². The van der Waals surface area contributed by atoms with E-state index >= 15 is 0 Å². The van der Waals surface area contributed by atoms with Crippen LogP contribution in [0.1, 0.15) is 35.8 Å². The summed E-state index contributed by atoms with van der Waals surface area (Å²) in [4.78, 5) is 17.3. The van der Waals surface area contributed by atoms with Crippen LogP contribution in [0.15, 0.2) is 54.6 Å². The first kappa shape index (κ1) is 21.9. The van der Waals surface area contributed by atoms with E-state index in [0.29, 0.717) is 24.5 Å². The van der Waals surface area contributed by atoms with Crippen LogP contribution in [-0.4, -0.2) is 62.6 Å². The fourth-order valence-corrected chi connectivity index (χ4v) is 3.20. The molecule has 28 heavy (non-hydrogen) atoms. The Labute approximate surface area is 169 Å². The van der Waals surface area contributed by atoms with Crippen molar-refractivity contribution in [3.05, 3.63) is 65.7 Å². The van der Waals surface area contributed by atoms with Crippen LogP contribution >= 0.6 is 0 Å². The summed E-state index contributed by atoms with van der Waals surface area (Å²) in [5, 5.41) is 3.12. The number of nitrogens with zero attached hydrogens (tertiary/aromatic N) is 2. The number of nitrogens with one attached hydrogen (secondary N) is 1. The second-order valence-corrected chi connectivity index (χ2v) is 7.01. The van der Waals surface area contributed by atoms with E-state index in [9.17, 15) is 4.79 Å². The molecule has 0 aliphatic carbocycles. The van der Waals surface area contributed by atoms with Gasteiger partial charge in [0, 0.05) is 13.1 Å². The molecule has 1 amide bonds. The quantitative estimate of drug-likeness (QED) is 0.646. The highest BCUT2D eigenvalue weighted by atomic mass is 16.5. The summed E-state index contributed by atoms with van der Waals surface area (Å²) in [6.45, 7) is 8.05. The van der Waals surface area contributed by atoms with Gasteiger partial charge in [0.2, 0.25) is 0 Å². The van der Waals surface area contributed by atoms with Gasteiger partial charge in [0.15, 0.2) is 0 Å². The second-order valence-electron chi connectivity index (χ2n) is 7.01. The van der Waals surface area contributed by atoms with Gasteiger partial charge in [0.05, 0.1) is 11.6 Å². The predicted octanol–water partition coefficient (Wildman–Crippen LogP) is 3.44. The van der Waals surface area contributed by atoms with Crippen LogP contribution in [0.25, 0.3) is 0 Å². The maximum Gasteiger partial charge on any atom is 0.255 e. The Morgan fingerprint density at radius 1 is 1.00 bits per heavy atom.